The van der Waals surface area contributed by atoms with Crippen molar-refractivity contribution in [3.05, 3.63) is 47.0 Å². The van der Waals surface area contributed by atoms with Gasteiger partial charge in [0.1, 0.15) is 11.8 Å². The Kier molecular flexibility index (Phi) is 5.44. The number of ether oxygens (including phenoxy) is 1. The van der Waals surface area contributed by atoms with E-state index < -0.39 is 22.0 Å². The minimum Gasteiger partial charge on any atom is -0.482 e. The number of hydrogen-bond acceptors (Lipinski definition) is 5. The molecule has 2 aliphatic heterocycles. The van der Waals surface area contributed by atoms with E-state index in [-0.39, 0.29) is 29.7 Å². The summed E-state index contributed by atoms with van der Waals surface area (Å²) in [6.07, 6.45) is 0.992. The van der Waals surface area contributed by atoms with Crippen LogP contribution in [0.5, 0.6) is 5.75 Å². The Morgan fingerprint density at radius 1 is 1.30 bits per heavy atom. The Morgan fingerprint density at radius 3 is 2.87 bits per heavy atom. The van der Waals surface area contributed by atoms with E-state index in [9.17, 15) is 18.0 Å². The highest BCUT2D eigenvalue weighted by molar-refractivity contribution is 7.89. The number of rotatable bonds is 4. The number of nitrogens with one attached hydrogen (secondary N) is 2. The molecule has 2 N–H and O–H groups in total. The van der Waals surface area contributed by atoms with Gasteiger partial charge in [0, 0.05) is 23.3 Å². The zero-order valence-electron chi connectivity index (χ0n) is 16.1. The lowest BCUT2D eigenvalue weighted by Crippen LogP contribution is -2.43. The highest BCUT2D eigenvalue weighted by atomic mass is 35.5. The zero-order valence-corrected chi connectivity index (χ0v) is 17.7. The Balaban J connectivity index is 1.62. The van der Waals surface area contributed by atoms with Crippen molar-refractivity contribution in [1.29, 1.82) is 0 Å². The number of carbonyl (C=O) groups excluding carboxylic acids is 2. The molecule has 2 aliphatic rings. The van der Waals surface area contributed by atoms with Crippen molar-refractivity contribution in [2.24, 2.45) is 0 Å². The van der Waals surface area contributed by atoms with Gasteiger partial charge in [-0.05, 0) is 49.6 Å². The van der Waals surface area contributed by atoms with Gasteiger partial charge in [-0.25, -0.2) is 8.42 Å². The third-order valence-corrected chi connectivity index (χ3v) is 7.38. The summed E-state index contributed by atoms with van der Waals surface area (Å²) in [4.78, 5) is 24.4. The molecule has 0 bridgehead atoms. The molecule has 158 valence electrons. The molecule has 0 radical (unpaired) electrons. The minimum absolute atomic E-state index is 0.0554. The Bertz CT molecular complexity index is 1140. The number of amides is 2. The first-order valence-electron chi connectivity index (χ1n) is 9.41. The Hall–Kier alpha value is -2.62. The number of aryl methyl sites for hydroxylation is 1. The van der Waals surface area contributed by atoms with Crippen molar-refractivity contribution < 1.29 is 22.7 Å². The molecule has 2 aromatic rings. The monoisotopic (exact) mass is 449 g/mol. The molecule has 8 nitrogen and oxygen atoms in total. The highest BCUT2D eigenvalue weighted by Gasteiger charge is 2.40. The number of anilines is 2. The molecule has 0 unspecified atom stereocenters. The normalized spacial score (nSPS) is 19.0. The van der Waals surface area contributed by atoms with Crippen molar-refractivity contribution in [2.45, 2.75) is 30.7 Å². The first-order valence-corrected chi connectivity index (χ1v) is 11.2. The largest absolute Gasteiger partial charge is 0.482 e. The van der Waals surface area contributed by atoms with Crippen LogP contribution >= 0.6 is 11.6 Å². The zero-order chi connectivity index (χ0) is 21.5. The van der Waals surface area contributed by atoms with Gasteiger partial charge in [0.2, 0.25) is 15.9 Å². The standard InChI is InChI=1S/C20H20ClN3O5S/c1-12-8-15-17(29-11-19(25)23-15)10-18(12)30(27,28)24-7-3-6-16(24)20(26)22-14-5-2-4-13(21)9-14/h2,4-5,8-10,16H,3,6-7,11H2,1H3,(H,22,26)(H,23,25)/t16-/m0/s1. The molecule has 2 heterocycles. The van der Waals surface area contributed by atoms with E-state index >= 15 is 0 Å². The molecule has 0 saturated carbocycles. The lowest BCUT2D eigenvalue weighted by molar-refractivity contribution is -0.119. The maximum Gasteiger partial charge on any atom is 0.262 e. The fourth-order valence-corrected chi connectivity index (χ4v) is 5.77. The van der Waals surface area contributed by atoms with Crippen LogP contribution in [0.2, 0.25) is 5.02 Å². The fourth-order valence-electron chi connectivity index (χ4n) is 3.70. The molecule has 2 aromatic carbocycles. The molecule has 10 heteroatoms. The summed E-state index contributed by atoms with van der Waals surface area (Å²) < 4.78 is 33.4. The predicted molar refractivity (Wildman–Crippen MR) is 112 cm³/mol. The second-order valence-electron chi connectivity index (χ2n) is 7.22. The SMILES string of the molecule is Cc1cc2c(cc1S(=O)(=O)N1CCC[C@H]1C(=O)Nc1cccc(Cl)c1)OCC(=O)N2. The van der Waals surface area contributed by atoms with Gasteiger partial charge in [-0.1, -0.05) is 17.7 Å². The number of hydrogen-bond donors (Lipinski definition) is 2. The van der Waals surface area contributed by atoms with E-state index in [4.69, 9.17) is 16.3 Å². The minimum atomic E-state index is -3.96. The number of nitrogens with zero attached hydrogens (tertiary/aromatic N) is 1. The van der Waals surface area contributed by atoms with Crippen molar-refractivity contribution in [3.63, 3.8) is 0 Å². The van der Waals surface area contributed by atoms with E-state index in [0.29, 0.717) is 34.8 Å². The van der Waals surface area contributed by atoms with Gasteiger partial charge < -0.3 is 15.4 Å². The summed E-state index contributed by atoms with van der Waals surface area (Å²) in [5.74, 6) is -0.412. The molecular weight excluding hydrogens is 430 g/mol. The summed E-state index contributed by atoms with van der Waals surface area (Å²) in [6, 6.07) is 8.83. The first-order chi connectivity index (χ1) is 14.3. The van der Waals surface area contributed by atoms with Crippen LogP contribution in [-0.2, 0) is 19.6 Å². The van der Waals surface area contributed by atoms with Gasteiger partial charge in [-0.2, -0.15) is 4.31 Å². The number of carbonyl (C=O) groups is 2. The molecule has 0 aliphatic carbocycles. The molecule has 1 fully saturated rings. The average Bonchev–Trinajstić information content (AvgIpc) is 3.18. The summed E-state index contributed by atoms with van der Waals surface area (Å²) in [5.41, 5.74) is 1.39. The smallest absolute Gasteiger partial charge is 0.262 e. The van der Waals surface area contributed by atoms with Crippen LogP contribution < -0.4 is 15.4 Å². The van der Waals surface area contributed by atoms with E-state index in [2.05, 4.69) is 10.6 Å². The Labute approximate surface area is 179 Å². The average molecular weight is 450 g/mol. The number of sulfonamides is 1. The van der Waals surface area contributed by atoms with E-state index in [0.717, 1.165) is 0 Å². The fraction of sp³-hybridized carbons (Fsp3) is 0.300. The Morgan fingerprint density at radius 2 is 2.10 bits per heavy atom. The van der Waals surface area contributed by atoms with Crippen LogP contribution in [0.3, 0.4) is 0 Å². The quantitative estimate of drug-likeness (QED) is 0.746. The summed E-state index contributed by atoms with van der Waals surface area (Å²) in [5, 5.41) is 5.88. The molecule has 30 heavy (non-hydrogen) atoms. The van der Waals surface area contributed by atoms with Crippen LogP contribution in [0.25, 0.3) is 0 Å². The lowest BCUT2D eigenvalue weighted by atomic mass is 10.2. The van der Waals surface area contributed by atoms with Crippen molar-refractivity contribution in [2.75, 3.05) is 23.8 Å². The number of fused-ring (bicyclic) bond motifs is 1. The number of benzene rings is 2. The molecule has 1 saturated heterocycles. The van der Waals surface area contributed by atoms with E-state index in [1.54, 1.807) is 37.3 Å². The van der Waals surface area contributed by atoms with Gasteiger partial charge in [-0.15, -0.1) is 0 Å². The van der Waals surface area contributed by atoms with E-state index in [1.165, 1.54) is 10.4 Å². The van der Waals surface area contributed by atoms with Gasteiger partial charge in [-0.3, -0.25) is 9.59 Å². The topological polar surface area (TPSA) is 105 Å². The first kappa shape index (κ1) is 20.6. The lowest BCUT2D eigenvalue weighted by Gasteiger charge is -2.26. The molecule has 1 atom stereocenters. The van der Waals surface area contributed by atoms with Crippen LogP contribution in [0.15, 0.2) is 41.3 Å². The second-order valence-corrected chi connectivity index (χ2v) is 9.52. The molecular formula is C20H20ClN3O5S. The summed E-state index contributed by atoms with van der Waals surface area (Å²) in [6.45, 7) is 1.71. The summed E-state index contributed by atoms with van der Waals surface area (Å²) >= 11 is 5.96. The van der Waals surface area contributed by atoms with Crippen LogP contribution in [0.1, 0.15) is 18.4 Å². The molecule has 4 rings (SSSR count). The predicted octanol–water partition coefficient (Wildman–Crippen LogP) is 2.77. The van der Waals surface area contributed by atoms with Crippen molar-refractivity contribution >= 4 is 44.8 Å². The second kappa shape index (κ2) is 7.90. The summed E-state index contributed by atoms with van der Waals surface area (Å²) in [7, 11) is -3.96. The maximum absolute atomic E-state index is 13.4. The van der Waals surface area contributed by atoms with Crippen molar-refractivity contribution in [1.82, 2.24) is 4.31 Å². The van der Waals surface area contributed by atoms with Gasteiger partial charge >= 0.3 is 0 Å². The van der Waals surface area contributed by atoms with Crippen LogP contribution in [0, 0.1) is 6.92 Å². The molecule has 2 amide bonds. The number of halogens is 1. The van der Waals surface area contributed by atoms with Crippen LogP contribution in [-0.4, -0.2) is 43.7 Å². The van der Waals surface area contributed by atoms with Crippen LogP contribution in [0.4, 0.5) is 11.4 Å². The third kappa shape index (κ3) is 3.88. The molecule has 0 aromatic heterocycles. The molecule has 0 spiro atoms. The van der Waals surface area contributed by atoms with Gasteiger partial charge in [0.05, 0.1) is 10.6 Å². The highest BCUT2D eigenvalue weighted by Crippen LogP contribution is 2.36. The van der Waals surface area contributed by atoms with E-state index in [1.807, 2.05) is 0 Å². The maximum atomic E-state index is 13.4. The van der Waals surface area contributed by atoms with Crippen molar-refractivity contribution in [3.8, 4) is 5.75 Å². The van der Waals surface area contributed by atoms with Gasteiger partial charge in [0.25, 0.3) is 5.91 Å². The van der Waals surface area contributed by atoms with Gasteiger partial charge in [0.15, 0.2) is 6.61 Å². The third-order valence-electron chi connectivity index (χ3n) is 5.10.